The second kappa shape index (κ2) is 9.08. The van der Waals surface area contributed by atoms with E-state index < -0.39 is 6.04 Å². The molecule has 0 saturated heterocycles. The molecule has 0 aliphatic carbocycles. The molecule has 1 atom stereocenters. The summed E-state index contributed by atoms with van der Waals surface area (Å²) in [6.07, 6.45) is 0.134. The van der Waals surface area contributed by atoms with Crippen LogP contribution in [0.25, 0.3) is 10.9 Å². The molecule has 0 saturated carbocycles. The quantitative estimate of drug-likeness (QED) is 0.422. The molecule has 1 aliphatic rings. The van der Waals surface area contributed by atoms with Gasteiger partial charge in [0.25, 0.3) is 5.91 Å². The molecule has 0 radical (unpaired) electrons. The summed E-state index contributed by atoms with van der Waals surface area (Å²) >= 11 is 0. The van der Waals surface area contributed by atoms with Crippen LogP contribution in [0.15, 0.2) is 78.9 Å². The van der Waals surface area contributed by atoms with E-state index in [1.165, 1.54) is 0 Å². The minimum atomic E-state index is -0.851. The number of hydrogen-bond acceptors (Lipinski definition) is 4. The van der Waals surface area contributed by atoms with Crippen molar-refractivity contribution in [2.45, 2.75) is 12.5 Å². The number of aromatic nitrogens is 1. The van der Waals surface area contributed by atoms with E-state index in [9.17, 15) is 9.59 Å². The first-order chi connectivity index (χ1) is 16.2. The van der Waals surface area contributed by atoms with Gasteiger partial charge in [0.2, 0.25) is 5.91 Å². The first-order valence-electron chi connectivity index (χ1n) is 10.8. The summed E-state index contributed by atoms with van der Waals surface area (Å²) in [7, 11) is 0. The molecular formula is C26H23N3O4. The summed E-state index contributed by atoms with van der Waals surface area (Å²) in [5.41, 5.74) is 3.01. The van der Waals surface area contributed by atoms with Crippen LogP contribution in [0, 0.1) is 0 Å². The number of fused-ring (bicyclic) bond motifs is 2. The number of benzene rings is 3. The van der Waals surface area contributed by atoms with Gasteiger partial charge in [-0.2, -0.15) is 0 Å². The molecule has 1 aliphatic heterocycles. The molecular weight excluding hydrogens is 418 g/mol. The van der Waals surface area contributed by atoms with Crippen molar-refractivity contribution in [2.24, 2.45) is 0 Å². The molecule has 3 aromatic carbocycles. The molecule has 2 heterocycles. The molecule has 2 amide bonds. The van der Waals surface area contributed by atoms with E-state index in [0.29, 0.717) is 36.0 Å². The first kappa shape index (κ1) is 20.6. The number of aromatic amines is 1. The molecule has 166 valence electrons. The third kappa shape index (κ3) is 4.67. The molecule has 0 bridgehead atoms. The standard InChI is InChI=1S/C26H23N3O4/c30-24(16-20-14-18-8-4-5-9-21(18)27-20)29-25(17-6-2-1-3-7-17)26(31)28-19-10-11-22-23(15-19)33-13-12-32-22/h1-11,14-15,25,27H,12-13,16H2,(H,28,31)(H,29,30). The van der Waals surface area contributed by atoms with Crippen LogP contribution in [0.1, 0.15) is 17.3 Å². The van der Waals surface area contributed by atoms with Gasteiger partial charge in [-0.15, -0.1) is 0 Å². The zero-order chi connectivity index (χ0) is 22.6. The van der Waals surface area contributed by atoms with Crippen molar-refractivity contribution in [3.63, 3.8) is 0 Å². The first-order valence-corrected chi connectivity index (χ1v) is 10.8. The van der Waals surface area contributed by atoms with Gasteiger partial charge in [-0.3, -0.25) is 9.59 Å². The Labute approximate surface area is 190 Å². The average Bonchev–Trinajstić information content (AvgIpc) is 3.25. The van der Waals surface area contributed by atoms with Gasteiger partial charge in [-0.25, -0.2) is 0 Å². The van der Waals surface area contributed by atoms with Crippen molar-refractivity contribution < 1.29 is 19.1 Å². The molecule has 1 unspecified atom stereocenters. The third-order valence-electron chi connectivity index (χ3n) is 5.45. The van der Waals surface area contributed by atoms with Crippen LogP contribution in [0.4, 0.5) is 5.69 Å². The number of amides is 2. The van der Waals surface area contributed by atoms with Crippen molar-refractivity contribution in [3.05, 3.63) is 90.1 Å². The zero-order valence-electron chi connectivity index (χ0n) is 17.8. The number of nitrogens with one attached hydrogen (secondary N) is 3. The summed E-state index contributed by atoms with van der Waals surface area (Å²) in [5, 5.41) is 6.80. The van der Waals surface area contributed by atoms with E-state index in [-0.39, 0.29) is 18.2 Å². The van der Waals surface area contributed by atoms with E-state index in [4.69, 9.17) is 9.47 Å². The van der Waals surface area contributed by atoms with Crippen LogP contribution < -0.4 is 20.1 Å². The predicted molar refractivity (Wildman–Crippen MR) is 125 cm³/mol. The lowest BCUT2D eigenvalue weighted by Gasteiger charge is -2.21. The van der Waals surface area contributed by atoms with Gasteiger partial charge in [0.15, 0.2) is 11.5 Å². The normalized spacial score (nSPS) is 13.3. The molecule has 4 aromatic rings. The Morgan fingerprint density at radius 3 is 2.45 bits per heavy atom. The minimum absolute atomic E-state index is 0.134. The van der Waals surface area contributed by atoms with Gasteiger partial charge < -0.3 is 25.1 Å². The molecule has 33 heavy (non-hydrogen) atoms. The predicted octanol–water partition coefficient (Wildman–Crippen LogP) is 3.98. The fourth-order valence-electron chi connectivity index (χ4n) is 3.89. The smallest absolute Gasteiger partial charge is 0.251 e. The number of ether oxygens (including phenoxy) is 2. The molecule has 7 nitrogen and oxygen atoms in total. The highest BCUT2D eigenvalue weighted by atomic mass is 16.6. The summed E-state index contributed by atoms with van der Waals surface area (Å²) in [4.78, 5) is 29.3. The van der Waals surface area contributed by atoms with Crippen molar-refractivity contribution in [2.75, 3.05) is 18.5 Å². The Hall–Kier alpha value is -4.26. The topological polar surface area (TPSA) is 92.5 Å². The van der Waals surface area contributed by atoms with Crippen molar-refractivity contribution in [1.29, 1.82) is 0 Å². The van der Waals surface area contributed by atoms with Crippen LogP contribution in [0.2, 0.25) is 0 Å². The minimum Gasteiger partial charge on any atom is -0.486 e. The number of carbonyl (C=O) groups is 2. The number of anilines is 1. The maximum absolute atomic E-state index is 13.2. The molecule has 7 heteroatoms. The van der Waals surface area contributed by atoms with E-state index in [2.05, 4.69) is 15.6 Å². The number of rotatable bonds is 6. The Morgan fingerprint density at radius 2 is 1.64 bits per heavy atom. The second-order valence-electron chi connectivity index (χ2n) is 7.82. The number of carbonyl (C=O) groups excluding carboxylic acids is 2. The average molecular weight is 441 g/mol. The number of para-hydroxylation sites is 1. The summed E-state index contributed by atoms with van der Waals surface area (Å²) in [5.74, 6) is 0.624. The fraction of sp³-hybridized carbons (Fsp3) is 0.154. The lowest BCUT2D eigenvalue weighted by atomic mass is 10.1. The monoisotopic (exact) mass is 441 g/mol. The molecule has 1 aromatic heterocycles. The summed E-state index contributed by atoms with van der Waals surface area (Å²) < 4.78 is 11.1. The fourth-order valence-corrected chi connectivity index (χ4v) is 3.89. The Kier molecular flexibility index (Phi) is 5.68. The Bertz CT molecular complexity index is 1270. The highest BCUT2D eigenvalue weighted by molar-refractivity contribution is 5.98. The van der Waals surface area contributed by atoms with E-state index in [1.807, 2.05) is 60.7 Å². The van der Waals surface area contributed by atoms with Crippen molar-refractivity contribution in [1.82, 2.24) is 10.3 Å². The highest BCUT2D eigenvalue weighted by Gasteiger charge is 2.24. The summed E-state index contributed by atoms with van der Waals surface area (Å²) in [6, 6.07) is 23.3. The van der Waals surface area contributed by atoms with Gasteiger partial charge in [0, 0.05) is 23.0 Å². The Balaban J connectivity index is 1.33. The van der Waals surface area contributed by atoms with Gasteiger partial charge >= 0.3 is 0 Å². The largest absolute Gasteiger partial charge is 0.486 e. The second-order valence-corrected chi connectivity index (χ2v) is 7.82. The highest BCUT2D eigenvalue weighted by Crippen LogP contribution is 2.33. The molecule has 3 N–H and O–H groups in total. The SMILES string of the molecule is O=C(Cc1cc2ccccc2[nH]1)NC(C(=O)Nc1ccc2c(c1)OCCO2)c1ccccc1. The van der Waals surface area contributed by atoms with Gasteiger partial charge in [-0.1, -0.05) is 48.5 Å². The third-order valence-corrected chi connectivity index (χ3v) is 5.45. The van der Waals surface area contributed by atoms with Crippen LogP contribution in [0.3, 0.4) is 0 Å². The lowest BCUT2D eigenvalue weighted by molar-refractivity contribution is -0.126. The zero-order valence-corrected chi connectivity index (χ0v) is 17.8. The van der Waals surface area contributed by atoms with Crippen molar-refractivity contribution in [3.8, 4) is 11.5 Å². The molecule has 0 fully saturated rings. The maximum Gasteiger partial charge on any atom is 0.251 e. The van der Waals surface area contributed by atoms with Crippen LogP contribution in [-0.4, -0.2) is 30.0 Å². The van der Waals surface area contributed by atoms with E-state index in [1.54, 1.807) is 18.2 Å². The van der Waals surface area contributed by atoms with Gasteiger partial charge in [0.05, 0.1) is 6.42 Å². The van der Waals surface area contributed by atoms with Crippen LogP contribution in [-0.2, 0) is 16.0 Å². The maximum atomic E-state index is 13.2. The van der Waals surface area contributed by atoms with E-state index >= 15 is 0 Å². The lowest BCUT2D eigenvalue weighted by Crippen LogP contribution is -2.37. The number of H-pyrrole nitrogens is 1. The van der Waals surface area contributed by atoms with Crippen LogP contribution >= 0.6 is 0 Å². The van der Waals surface area contributed by atoms with Crippen molar-refractivity contribution >= 4 is 28.4 Å². The van der Waals surface area contributed by atoms with E-state index in [0.717, 1.165) is 16.6 Å². The van der Waals surface area contributed by atoms with Gasteiger partial charge in [0.1, 0.15) is 19.3 Å². The molecule has 0 spiro atoms. The summed E-state index contributed by atoms with van der Waals surface area (Å²) in [6.45, 7) is 0.956. The number of hydrogen-bond donors (Lipinski definition) is 3. The molecule has 5 rings (SSSR count). The van der Waals surface area contributed by atoms with Gasteiger partial charge in [-0.05, 0) is 35.2 Å². The van der Waals surface area contributed by atoms with Crippen LogP contribution in [0.5, 0.6) is 11.5 Å². The Morgan fingerprint density at radius 1 is 0.879 bits per heavy atom.